The third-order valence-corrected chi connectivity index (χ3v) is 6.06. The molecule has 2 aromatic rings. The zero-order chi connectivity index (χ0) is 22.7. The van der Waals surface area contributed by atoms with Crippen molar-refractivity contribution in [1.29, 1.82) is 0 Å². The second-order valence-corrected chi connectivity index (χ2v) is 8.73. The second-order valence-electron chi connectivity index (χ2n) is 8.73. The van der Waals surface area contributed by atoms with Crippen LogP contribution in [0.1, 0.15) is 26.7 Å². The Balaban J connectivity index is 1.32. The lowest BCUT2D eigenvalue weighted by molar-refractivity contribution is -0.143. The van der Waals surface area contributed by atoms with E-state index in [2.05, 4.69) is 15.1 Å². The highest BCUT2D eigenvalue weighted by atomic mass is 16.5. The molecule has 170 valence electrons. The van der Waals surface area contributed by atoms with Crippen molar-refractivity contribution in [3.05, 3.63) is 36.4 Å². The topological polar surface area (TPSA) is 78.9 Å². The molecule has 2 heterocycles. The third kappa shape index (κ3) is 5.00. The van der Waals surface area contributed by atoms with E-state index in [0.29, 0.717) is 26.2 Å². The van der Waals surface area contributed by atoms with Crippen LogP contribution in [0.25, 0.3) is 11.3 Å². The minimum absolute atomic E-state index is 0.0338. The number of hydrogen-bond donors (Lipinski definition) is 0. The summed E-state index contributed by atoms with van der Waals surface area (Å²) in [6.45, 7) is 6.61. The molecular formula is C24H31N5O3. The Morgan fingerprint density at radius 1 is 1.03 bits per heavy atom. The van der Waals surface area contributed by atoms with Crippen LogP contribution in [0.3, 0.4) is 0 Å². The Labute approximate surface area is 189 Å². The van der Waals surface area contributed by atoms with Crippen molar-refractivity contribution in [2.45, 2.75) is 32.7 Å². The molecule has 2 aliphatic rings. The molecule has 32 heavy (non-hydrogen) atoms. The quantitative estimate of drug-likeness (QED) is 0.662. The van der Waals surface area contributed by atoms with E-state index >= 15 is 0 Å². The zero-order valence-electron chi connectivity index (χ0n) is 19.0. The van der Waals surface area contributed by atoms with Crippen molar-refractivity contribution in [2.75, 3.05) is 44.7 Å². The molecule has 0 bridgehead atoms. The Hall–Kier alpha value is -3.16. The van der Waals surface area contributed by atoms with Crippen LogP contribution < -0.4 is 9.64 Å². The lowest BCUT2D eigenvalue weighted by Crippen LogP contribution is -2.52. The molecule has 1 saturated carbocycles. The highest BCUT2D eigenvalue weighted by molar-refractivity contribution is 5.86. The minimum atomic E-state index is -0.0836. The Kier molecular flexibility index (Phi) is 6.58. The molecule has 0 atom stereocenters. The number of aromatic nitrogens is 2. The fraction of sp³-hybridized carbons (Fsp3) is 0.500. The molecule has 4 rings (SSSR count). The van der Waals surface area contributed by atoms with E-state index in [4.69, 9.17) is 4.74 Å². The van der Waals surface area contributed by atoms with Crippen molar-refractivity contribution >= 4 is 17.6 Å². The summed E-state index contributed by atoms with van der Waals surface area (Å²) in [5, 5.41) is 8.78. The first-order valence-electron chi connectivity index (χ1n) is 11.3. The first-order valence-corrected chi connectivity index (χ1v) is 11.3. The Morgan fingerprint density at radius 2 is 1.72 bits per heavy atom. The van der Waals surface area contributed by atoms with Crippen LogP contribution >= 0.6 is 0 Å². The predicted octanol–water partition coefficient (Wildman–Crippen LogP) is 2.45. The van der Waals surface area contributed by atoms with Gasteiger partial charge in [0.05, 0.1) is 12.8 Å². The van der Waals surface area contributed by atoms with Crippen molar-refractivity contribution in [3.63, 3.8) is 0 Å². The second kappa shape index (κ2) is 9.54. The number of benzene rings is 1. The van der Waals surface area contributed by atoms with E-state index in [1.54, 1.807) is 12.0 Å². The summed E-state index contributed by atoms with van der Waals surface area (Å²) in [5.41, 5.74) is 1.79. The molecule has 8 heteroatoms. The van der Waals surface area contributed by atoms with Gasteiger partial charge in [0.2, 0.25) is 11.8 Å². The van der Waals surface area contributed by atoms with Crippen LogP contribution in [0.2, 0.25) is 0 Å². The van der Waals surface area contributed by atoms with Crippen molar-refractivity contribution in [1.82, 2.24) is 20.0 Å². The van der Waals surface area contributed by atoms with Gasteiger partial charge in [0, 0.05) is 43.7 Å². The molecule has 1 aromatic heterocycles. The number of methoxy groups -OCH3 is 1. The molecule has 0 radical (unpaired) electrons. The fourth-order valence-electron chi connectivity index (χ4n) is 3.95. The summed E-state index contributed by atoms with van der Waals surface area (Å²) in [5.74, 6) is 1.64. The van der Waals surface area contributed by atoms with E-state index < -0.39 is 0 Å². The van der Waals surface area contributed by atoms with Crippen molar-refractivity contribution < 1.29 is 14.3 Å². The van der Waals surface area contributed by atoms with Gasteiger partial charge in [-0.3, -0.25) is 9.59 Å². The molecule has 8 nitrogen and oxygen atoms in total. The van der Waals surface area contributed by atoms with Gasteiger partial charge >= 0.3 is 0 Å². The zero-order valence-corrected chi connectivity index (χ0v) is 19.0. The predicted molar refractivity (Wildman–Crippen MR) is 122 cm³/mol. The number of ether oxygens (including phenoxy) is 1. The molecule has 1 aliphatic carbocycles. The van der Waals surface area contributed by atoms with Gasteiger partial charge in [0.1, 0.15) is 12.3 Å². The summed E-state index contributed by atoms with van der Waals surface area (Å²) >= 11 is 0. The molecule has 1 saturated heterocycles. The van der Waals surface area contributed by atoms with Crippen LogP contribution in [-0.4, -0.2) is 77.7 Å². The van der Waals surface area contributed by atoms with Crippen molar-refractivity contribution in [3.8, 4) is 17.0 Å². The minimum Gasteiger partial charge on any atom is -0.497 e. The van der Waals surface area contributed by atoms with Gasteiger partial charge in [-0.25, -0.2) is 0 Å². The lowest BCUT2D eigenvalue weighted by Gasteiger charge is -2.36. The SMILES string of the molecule is COc1ccc(-c2ccc(N3CCN(C(=O)CN(C(=O)C(C)C)C4CC4)CC3)nn2)cc1. The van der Waals surface area contributed by atoms with Crippen LogP contribution in [0.4, 0.5) is 5.82 Å². The highest BCUT2D eigenvalue weighted by Gasteiger charge is 2.36. The highest BCUT2D eigenvalue weighted by Crippen LogP contribution is 2.28. The van der Waals surface area contributed by atoms with E-state index in [1.807, 2.05) is 55.1 Å². The molecule has 0 spiro atoms. The van der Waals surface area contributed by atoms with Gasteiger partial charge in [0.25, 0.3) is 0 Å². The average molecular weight is 438 g/mol. The maximum Gasteiger partial charge on any atom is 0.242 e. The van der Waals surface area contributed by atoms with E-state index in [9.17, 15) is 9.59 Å². The summed E-state index contributed by atoms with van der Waals surface area (Å²) in [4.78, 5) is 31.1. The van der Waals surface area contributed by atoms with Gasteiger partial charge in [-0.2, -0.15) is 0 Å². The summed E-state index contributed by atoms with van der Waals surface area (Å²) in [6, 6.07) is 11.9. The third-order valence-electron chi connectivity index (χ3n) is 6.06. The first kappa shape index (κ1) is 22.0. The number of anilines is 1. The van der Waals surface area contributed by atoms with Crippen LogP contribution in [0.5, 0.6) is 5.75 Å². The smallest absolute Gasteiger partial charge is 0.242 e. The number of nitrogens with zero attached hydrogens (tertiary/aromatic N) is 5. The Morgan fingerprint density at radius 3 is 2.25 bits per heavy atom. The molecule has 2 fully saturated rings. The van der Waals surface area contributed by atoms with Crippen LogP contribution in [0.15, 0.2) is 36.4 Å². The fourth-order valence-corrected chi connectivity index (χ4v) is 3.95. The number of carbonyl (C=O) groups is 2. The number of amides is 2. The van der Waals surface area contributed by atoms with Gasteiger partial charge < -0.3 is 19.4 Å². The van der Waals surface area contributed by atoms with Gasteiger partial charge in [-0.1, -0.05) is 13.8 Å². The van der Waals surface area contributed by atoms with Crippen LogP contribution in [-0.2, 0) is 9.59 Å². The summed E-state index contributed by atoms with van der Waals surface area (Å²) in [7, 11) is 1.64. The molecular weight excluding hydrogens is 406 g/mol. The maximum absolute atomic E-state index is 12.8. The van der Waals surface area contributed by atoms with E-state index in [0.717, 1.165) is 35.7 Å². The largest absolute Gasteiger partial charge is 0.497 e. The molecule has 1 aromatic carbocycles. The maximum atomic E-state index is 12.8. The molecule has 0 unspecified atom stereocenters. The van der Waals surface area contributed by atoms with Gasteiger partial charge in [-0.15, -0.1) is 10.2 Å². The number of hydrogen-bond acceptors (Lipinski definition) is 6. The lowest BCUT2D eigenvalue weighted by atomic mass is 10.1. The van der Waals surface area contributed by atoms with E-state index in [1.165, 1.54) is 0 Å². The van der Waals surface area contributed by atoms with Crippen molar-refractivity contribution in [2.24, 2.45) is 5.92 Å². The van der Waals surface area contributed by atoms with E-state index in [-0.39, 0.29) is 30.3 Å². The first-order chi connectivity index (χ1) is 15.5. The average Bonchev–Trinajstić information content (AvgIpc) is 3.67. The number of carbonyl (C=O) groups excluding carboxylic acids is 2. The number of rotatable bonds is 7. The summed E-state index contributed by atoms with van der Waals surface area (Å²) in [6.07, 6.45) is 2.01. The molecule has 2 amide bonds. The standard InChI is InChI=1S/C24H31N5O3/c1-17(2)24(31)29(19-6-7-19)16-23(30)28-14-12-27(13-15-28)22-11-10-21(25-26-22)18-4-8-20(32-3)9-5-18/h4-5,8-11,17,19H,6-7,12-16H2,1-3H3. The van der Waals surface area contributed by atoms with Crippen LogP contribution in [0, 0.1) is 5.92 Å². The molecule has 0 N–H and O–H groups in total. The number of piperazine rings is 1. The van der Waals surface area contributed by atoms with Gasteiger partial charge in [0.15, 0.2) is 5.82 Å². The van der Waals surface area contributed by atoms with Gasteiger partial charge in [-0.05, 0) is 49.2 Å². The Bertz CT molecular complexity index is 933. The summed E-state index contributed by atoms with van der Waals surface area (Å²) < 4.78 is 5.20. The molecule has 1 aliphatic heterocycles. The monoisotopic (exact) mass is 437 g/mol. The normalized spacial score (nSPS) is 16.2.